The van der Waals surface area contributed by atoms with Gasteiger partial charge in [-0.25, -0.2) is 9.97 Å². The summed E-state index contributed by atoms with van der Waals surface area (Å²) >= 11 is 0. The monoisotopic (exact) mass is 279 g/mol. The number of hydrogen-bond acceptors (Lipinski definition) is 5. The molecule has 0 aliphatic rings. The molecule has 20 heavy (non-hydrogen) atoms. The maximum Gasteiger partial charge on any atom is 0.244 e. The number of amides is 1. The largest absolute Gasteiger partial charge is 0.383 e. The molecule has 0 aliphatic carbocycles. The Labute approximate surface area is 120 Å². The fourth-order valence-electron chi connectivity index (χ4n) is 2.12. The molecule has 1 amide bonds. The standard InChI is InChI=1S/C14H25N5O/c1-5-8-11-12(15)16-9-17-13(11)18-10(4)14(20)19(6-2)7-3/h9-10H,5-8H2,1-4H3,(H3,15,16,17,18). The molecule has 1 rings (SSSR count). The van der Waals surface area contributed by atoms with Crippen LogP contribution in [0.1, 0.15) is 39.7 Å². The lowest BCUT2D eigenvalue weighted by atomic mass is 10.1. The third-order valence-electron chi connectivity index (χ3n) is 3.28. The summed E-state index contributed by atoms with van der Waals surface area (Å²) in [6.45, 7) is 9.26. The smallest absolute Gasteiger partial charge is 0.244 e. The van der Waals surface area contributed by atoms with Crippen LogP contribution >= 0.6 is 0 Å². The molecule has 1 aromatic heterocycles. The SMILES string of the molecule is CCCc1c(N)ncnc1NC(C)C(=O)N(CC)CC. The van der Waals surface area contributed by atoms with Gasteiger partial charge in [-0.1, -0.05) is 13.3 Å². The molecular weight excluding hydrogens is 254 g/mol. The minimum Gasteiger partial charge on any atom is -0.383 e. The van der Waals surface area contributed by atoms with Crippen molar-refractivity contribution in [1.82, 2.24) is 14.9 Å². The van der Waals surface area contributed by atoms with E-state index in [1.54, 1.807) is 4.90 Å². The van der Waals surface area contributed by atoms with Crippen LogP contribution in [-0.4, -0.2) is 39.9 Å². The Morgan fingerprint density at radius 2 is 2.00 bits per heavy atom. The molecule has 0 saturated carbocycles. The first-order valence-electron chi connectivity index (χ1n) is 7.19. The van der Waals surface area contributed by atoms with Crippen LogP contribution in [0.15, 0.2) is 6.33 Å². The van der Waals surface area contributed by atoms with Crippen molar-refractivity contribution in [1.29, 1.82) is 0 Å². The van der Waals surface area contributed by atoms with E-state index in [0.717, 1.165) is 18.4 Å². The zero-order valence-corrected chi connectivity index (χ0v) is 12.8. The average Bonchev–Trinajstić information content (AvgIpc) is 2.43. The molecule has 1 atom stereocenters. The highest BCUT2D eigenvalue weighted by Gasteiger charge is 2.20. The van der Waals surface area contributed by atoms with Crippen LogP contribution in [0.3, 0.4) is 0 Å². The van der Waals surface area contributed by atoms with Crippen molar-refractivity contribution >= 4 is 17.5 Å². The van der Waals surface area contributed by atoms with Crippen molar-refractivity contribution in [3.63, 3.8) is 0 Å². The Morgan fingerprint density at radius 1 is 1.35 bits per heavy atom. The van der Waals surface area contributed by atoms with Crippen LogP contribution in [0.5, 0.6) is 0 Å². The predicted molar refractivity (Wildman–Crippen MR) is 81.5 cm³/mol. The maximum absolute atomic E-state index is 12.3. The number of nitrogen functional groups attached to an aromatic ring is 1. The van der Waals surface area contributed by atoms with E-state index in [1.807, 2.05) is 20.8 Å². The molecule has 6 heteroatoms. The highest BCUT2D eigenvalue weighted by atomic mass is 16.2. The number of hydrogen-bond donors (Lipinski definition) is 2. The fourth-order valence-corrected chi connectivity index (χ4v) is 2.12. The third kappa shape index (κ3) is 3.82. The molecule has 0 fully saturated rings. The van der Waals surface area contributed by atoms with Gasteiger partial charge in [-0.05, 0) is 27.2 Å². The summed E-state index contributed by atoms with van der Waals surface area (Å²) in [4.78, 5) is 22.3. The van der Waals surface area contributed by atoms with Gasteiger partial charge in [0, 0.05) is 18.7 Å². The Hall–Kier alpha value is -1.85. The van der Waals surface area contributed by atoms with Gasteiger partial charge in [0.15, 0.2) is 0 Å². The van der Waals surface area contributed by atoms with Gasteiger partial charge < -0.3 is 16.0 Å². The lowest BCUT2D eigenvalue weighted by Crippen LogP contribution is -2.41. The fraction of sp³-hybridized carbons (Fsp3) is 0.643. The number of anilines is 2. The summed E-state index contributed by atoms with van der Waals surface area (Å²) in [6, 6.07) is -0.334. The van der Waals surface area contributed by atoms with Crippen molar-refractivity contribution in [3.05, 3.63) is 11.9 Å². The van der Waals surface area contributed by atoms with E-state index >= 15 is 0 Å². The Kier molecular flexibility index (Phi) is 6.21. The average molecular weight is 279 g/mol. The second-order valence-corrected chi connectivity index (χ2v) is 4.71. The third-order valence-corrected chi connectivity index (χ3v) is 3.28. The molecule has 112 valence electrons. The van der Waals surface area contributed by atoms with Crippen LogP contribution in [0.4, 0.5) is 11.6 Å². The van der Waals surface area contributed by atoms with Crippen LogP contribution in [0.2, 0.25) is 0 Å². The number of carbonyl (C=O) groups excluding carboxylic acids is 1. The highest BCUT2D eigenvalue weighted by Crippen LogP contribution is 2.20. The molecular formula is C14H25N5O. The molecule has 0 spiro atoms. The van der Waals surface area contributed by atoms with E-state index < -0.39 is 0 Å². The minimum absolute atomic E-state index is 0.0645. The lowest BCUT2D eigenvalue weighted by molar-refractivity contribution is -0.131. The van der Waals surface area contributed by atoms with Gasteiger partial charge in [0.05, 0.1) is 0 Å². The Morgan fingerprint density at radius 3 is 2.55 bits per heavy atom. The van der Waals surface area contributed by atoms with Crippen LogP contribution in [0.25, 0.3) is 0 Å². The zero-order chi connectivity index (χ0) is 15.1. The van der Waals surface area contributed by atoms with Gasteiger partial charge in [-0.15, -0.1) is 0 Å². The molecule has 0 saturated heterocycles. The normalized spacial score (nSPS) is 12.0. The van der Waals surface area contributed by atoms with E-state index in [0.29, 0.717) is 24.7 Å². The first-order valence-corrected chi connectivity index (χ1v) is 7.19. The molecule has 0 radical (unpaired) electrons. The maximum atomic E-state index is 12.3. The number of aromatic nitrogens is 2. The van der Waals surface area contributed by atoms with Crippen molar-refractivity contribution in [2.75, 3.05) is 24.1 Å². The van der Waals surface area contributed by atoms with Crippen LogP contribution in [-0.2, 0) is 11.2 Å². The van der Waals surface area contributed by atoms with Crippen molar-refractivity contribution in [2.45, 2.75) is 46.6 Å². The number of nitrogens with two attached hydrogens (primary N) is 1. The molecule has 1 aromatic rings. The first-order chi connectivity index (χ1) is 9.54. The van der Waals surface area contributed by atoms with Gasteiger partial charge in [-0.2, -0.15) is 0 Å². The van der Waals surface area contributed by atoms with E-state index in [1.165, 1.54) is 6.33 Å². The van der Waals surface area contributed by atoms with Crippen molar-refractivity contribution in [3.8, 4) is 0 Å². The predicted octanol–water partition coefficient (Wildman–Crippen LogP) is 1.68. The van der Waals surface area contributed by atoms with E-state index in [2.05, 4.69) is 22.2 Å². The summed E-state index contributed by atoms with van der Waals surface area (Å²) in [5.74, 6) is 1.20. The summed E-state index contributed by atoms with van der Waals surface area (Å²) in [5, 5.41) is 3.16. The number of nitrogens with zero attached hydrogens (tertiary/aromatic N) is 3. The van der Waals surface area contributed by atoms with Gasteiger partial charge in [-0.3, -0.25) is 4.79 Å². The molecule has 3 N–H and O–H groups in total. The summed E-state index contributed by atoms with van der Waals surface area (Å²) in [5.41, 5.74) is 6.77. The number of carbonyl (C=O) groups is 1. The lowest BCUT2D eigenvalue weighted by Gasteiger charge is -2.24. The number of rotatable bonds is 7. The van der Waals surface area contributed by atoms with Crippen molar-refractivity contribution < 1.29 is 4.79 Å². The minimum atomic E-state index is -0.334. The molecule has 1 heterocycles. The van der Waals surface area contributed by atoms with E-state index in [9.17, 15) is 4.79 Å². The van der Waals surface area contributed by atoms with E-state index in [-0.39, 0.29) is 11.9 Å². The van der Waals surface area contributed by atoms with Gasteiger partial charge in [0.1, 0.15) is 24.0 Å². The van der Waals surface area contributed by atoms with Gasteiger partial charge in [0.25, 0.3) is 0 Å². The summed E-state index contributed by atoms with van der Waals surface area (Å²) in [7, 11) is 0. The van der Waals surface area contributed by atoms with Crippen LogP contribution < -0.4 is 11.1 Å². The van der Waals surface area contributed by atoms with Crippen LogP contribution in [0, 0.1) is 0 Å². The highest BCUT2D eigenvalue weighted by molar-refractivity contribution is 5.84. The van der Waals surface area contributed by atoms with Gasteiger partial charge in [0.2, 0.25) is 5.91 Å². The molecule has 0 bridgehead atoms. The zero-order valence-electron chi connectivity index (χ0n) is 12.8. The molecule has 1 unspecified atom stereocenters. The van der Waals surface area contributed by atoms with Gasteiger partial charge >= 0.3 is 0 Å². The molecule has 6 nitrogen and oxygen atoms in total. The Bertz CT molecular complexity index is 445. The summed E-state index contributed by atoms with van der Waals surface area (Å²) in [6.07, 6.45) is 3.16. The van der Waals surface area contributed by atoms with E-state index in [4.69, 9.17) is 5.73 Å². The Balaban J connectivity index is 2.87. The number of nitrogens with one attached hydrogen (secondary N) is 1. The molecule has 0 aliphatic heterocycles. The second kappa shape index (κ2) is 7.67. The van der Waals surface area contributed by atoms with Crippen molar-refractivity contribution in [2.24, 2.45) is 0 Å². The number of likely N-dealkylation sites (N-methyl/N-ethyl adjacent to an activating group) is 1. The summed E-state index contributed by atoms with van der Waals surface area (Å²) < 4.78 is 0. The second-order valence-electron chi connectivity index (χ2n) is 4.71. The topological polar surface area (TPSA) is 84.1 Å². The first kappa shape index (κ1) is 16.2. The quantitative estimate of drug-likeness (QED) is 0.793. The molecule has 0 aromatic carbocycles.